The van der Waals surface area contributed by atoms with E-state index in [9.17, 15) is 19.2 Å². The number of imide groups is 1. The van der Waals surface area contributed by atoms with Crippen molar-refractivity contribution in [3.05, 3.63) is 45.4 Å². The Morgan fingerprint density at radius 1 is 1.33 bits per heavy atom. The molecular formula is C19H19ClN4O5S. The maximum atomic E-state index is 12.6. The van der Waals surface area contributed by atoms with E-state index >= 15 is 0 Å². The average Bonchev–Trinajstić information content (AvgIpc) is 3.21. The number of esters is 1. The van der Waals surface area contributed by atoms with Crippen LogP contribution in [0.4, 0.5) is 9.93 Å². The summed E-state index contributed by atoms with van der Waals surface area (Å²) in [4.78, 5) is 54.3. The minimum absolute atomic E-state index is 0.0111. The molecule has 0 aliphatic carbocycles. The topological polar surface area (TPSA) is 118 Å². The number of thiazole rings is 1. The highest BCUT2D eigenvalue weighted by atomic mass is 35.5. The SMILES string of the molecule is COC(=O)c1nc(NC(=O)CC[C@@H]2NC(=O)N(Cc3ccccc3Cl)C2=O)sc1C. The first kappa shape index (κ1) is 21.7. The lowest BCUT2D eigenvalue weighted by Crippen LogP contribution is -2.31. The molecule has 0 saturated carbocycles. The van der Waals surface area contributed by atoms with E-state index in [0.29, 0.717) is 15.5 Å². The molecule has 30 heavy (non-hydrogen) atoms. The number of urea groups is 1. The molecule has 1 aromatic carbocycles. The lowest BCUT2D eigenvalue weighted by atomic mass is 10.1. The highest BCUT2D eigenvalue weighted by Gasteiger charge is 2.38. The van der Waals surface area contributed by atoms with Crippen LogP contribution in [0.1, 0.15) is 33.8 Å². The van der Waals surface area contributed by atoms with Crippen molar-refractivity contribution in [1.82, 2.24) is 15.2 Å². The minimum atomic E-state index is -0.797. The van der Waals surface area contributed by atoms with Crippen LogP contribution in [0.2, 0.25) is 5.02 Å². The highest BCUT2D eigenvalue weighted by molar-refractivity contribution is 7.16. The Morgan fingerprint density at radius 2 is 2.07 bits per heavy atom. The molecule has 1 aliphatic rings. The Morgan fingerprint density at radius 3 is 2.77 bits per heavy atom. The predicted octanol–water partition coefficient (Wildman–Crippen LogP) is 2.73. The molecule has 9 nitrogen and oxygen atoms in total. The van der Waals surface area contributed by atoms with Crippen LogP contribution < -0.4 is 10.6 Å². The zero-order valence-electron chi connectivity index (χ0n) is 16.2. The number of carbonyl (C=O) groups excluding carboxylic acids is 4. The van der Waals surface area contributed by atoms with Crippen molar-refractivity contribution in [3.8, 4) is 0 Å². The zero-order chi connectivity index (χ0) is 21.8. The van der Waals surface area contributed by atoms with E-state index in [-0.39, 0.29) is 36.1 Å². The molecule has 3 rings (SSSR count). The number of rotatable bonds is 7. The van der Waals surface area contributed by atoms with Crippen LogP contribution in [0.5, 0.6) is 0 Å². The minimum Gasteiger partial charge on any atom is -0.464 e. The van der Waals surface area contributed by atoms with E-state index in [1.165, 1.54) is 7.11 Å². The molecule has 0 unspecified atom stereocenters. The van der Waals surface area contributed by atoms with Crippen molar-refractivity contribution in [2.75, 3.05) is 12.4 Å². The van der Waals surface area contributed by atoms with E-state index in [0.717, 1.165) is 16.2 Å². The second-order valence-corrected chi connectivity index (χ2v) is 8.13. The number of nitrogens with zero attached hydrogens (tertiary/aromatic N) is 2. The molecule has 0 radical (unpaired) electrons. The monoisotopic (exact) mass is 450 g/mol. The van der Waals surface area contributed by atoms with Gasteiger partial charge in [0.2, 0.25) is 5.91 Å². The van der Waals surface area contributed by atoms with Crippen LogP contribution in [0, 0.1) is 6.92 Å². The zero-order valence-corrected chi connectivity index (χ0v) is 17.8. The van der Waals surface area contributed by atoms with Gasteiger partial charge in [0.25, 0.3) is 5.91 Å². The summed E-state index contributed by atoms with van der Waals surface area (Å²) in [5, 5.41) is 5.91. The van der Waals surface area contributed by atoms with Gasteiger partial charge in [0.15, 0.2) is 10.8 Å². The second kappa shape index (κ2) is 9.23. The van der Waals surface area contributed by atoms with Crippen LogP contribution >= 0.6 is 22.9 Å². The molecule has 1 fully saturated rings. The van der Waals surface area contributed by atoms with Crippen molar-refractivity contribution in [1.29, 1.82) is 0 Å². The maximum Gasteiger partial charge on any atom is 0.357 e. The van der Waals surface area contributed by atoms with Crippen LogP contribution in [0.25, 0.3) is 0 Å². The van der Waals surface area contributed by atoms with E-state index < -0.39 is 23.9 Å². The number of carbonyl (C=O) groups is 4. The van der Waals surface area contributed by atoms with Crippen LogP contribution in [0.15, 0.2) is 24.3 Å². The molecule has 1 aliphatic heterocycles. The number of hydrogen-bond acceptors (Lipinski definition) is 7. The molecule has 0 spiro atoms. The lowest BCUT2D eigenvalue weighted by molar-refractivity contribution is -0.128. The Kier molecular flexibility index (Phi) is 6.68. The number of benzene rings is 1. The van der Waals surface area contributed by atoms with Crippen molar-refractivity contribution in [2.45, 2.75) is 32.4 Å². The summed E-state index contributed by atoms with van der Waals surface area (Å²) in [6.45, 7) is 1.75. The molecule has 1 atom stereocenters. The third-order valence-electron chi connectivity index (χ3n) is 4.48. The molecule has 1 aromatic heterocycles. The third-order valence-corrected chi connectivity index (χ3v) is 5.73. The van der Waals surface area contributed by atoms with Gasteiger partial charge >= 0.3 is 12.0 Å². The molecule has 158 valence electrons. The molecule has 0 bridgehead atoms. The number of halogens is 1. The molecule has 2 aromatic rings. The first-order chi connectivity index (χ1) is 14.3. The Balaban J connectivity index is 1.55. The van der Waals surface area contributed by atoms with Gasteiger partial charge in [0.1, 0.15) is 6.04 Å². The van der Waals surface area contributed by atoms with Gasteiger partial charge in [-0.2, -0.15) is 0 Å². The third kappa shape index (κ3) is 4.77. The Hall–Kier alpha value is -2.98. The molecule has 2 heterocycles. The number of hydrogen-bond donors (Lipinski definition) is 2. The van der Waals surface area contributed by atoms with E-state index in [1.807, 2.05) is 0 Å². The molecular weight excluding hydrogens is 432 g/mol. The average molecular weight is 451 g/mol. The van der Waals surface area contributed by atoms with E-state index in [2.05, 4.69) is 20.4 Å². The van der Waals surface area contributed by atoms with Gasteiger partial charge in [-0.3, -0.25) is 14.5 Å². The van der Waals surface area contributed by atoms with E-state index in [1.54, 1.807) is 31.2 Å². The van der Waals surface area contributed by atoms with Crippen LogP contribution in [-0.2, 0) is 20.9 Å². The molecule has 4 amide bonds. The number of anilines is 1. The fourth-order valence-corrected chi connectivity index (χ4v) is 3.93. The summed E-state index contributed by atoms with van der Waals surface area (Å²) in [7, 11) is 1.25. The quantitative estimate of drug-likeness (QED) is 0.494. The highest BCUT2D eigenvalue weighted by Crippen LogP contribution is 2.24. The van der Waals surface area contributed by atoms with Gasteiger partial charge < -0.3 is 15.4 Å². The Bertz CT molecular complexity index is 1010. The second-order valence-electron chi connectivity index (χ2n) is 6.52. The van der Waals surface area contributed by atoms with Crippen LogP contribution in [-0.4, -0.2) is 46.9 Å². The predicted molar refractivity (Wildman–Crippen MR) is 110 cm³/mol. The van der Waals surface area contributed by atoms with Gasteiger partial charge in [-0.15, -0.1) is 11.3 Å². The normalized spacial score (nSPS) is 15.8. The maximum absolute atomic E-state index is 12.6. The first-order valence-corrected chi connectivity index (χ1v) is 10.2. The standard InChI is InChI=1S/C19H19ClN4O5S/c1-10-15(17(27)29-2)23-18(30-10)22-14(25)8-7-13-16(26)24(19(28)21-13)9-11-5-3-4-6-12(11)20/h3-6,13H,7-9H2,1-2H3,(H,21,28)(H,22,23,25)/t13-/m0/s1. The molecule has 11 heteroatoms. The van der Waals surface area contributed by atoms with Crippen molar-refractivity contribution in [3.63, 3.8) is 0 Å². The van der Waals surface area contributed by atoms with Crippen LogP contribution in [0.3, 0.4) is 0 Å². The lowest BCUT2D eigenvalue weighted by Gasteiger charge is -2.14. The number of aryl methyl sites for hydroxylation is 1. The number of methoxy groups -OCH3 is 1. The number of aromatic nitrogens is 1. The first-order valence-electron chi connectivity index (χ1n) is 9.01. The summed E-state index contributed by atoms with van der Waals surface area (Å²) < 4.78 is 4.63. The number of amides is 4. The van der Waals surface area contributed by atoms with Gasteiger partial charge in [-0.05, 0) is 25.0 Å². The van der Waals surface area contributed by atoms with Gasteiger partial charge in [0.05, 0.1) is 13.7 Å². The largest absolute Gasteiger partial charge is 0.464 e. The van der Waals surface area contributed by atoms with Gasteiger partial charge in [-0.25, -0.2) is 14.6 Å². The van der Waals surface area contributed by atoms with Crippen molar-refractivity contribution in [2.24, 2.45) is 0 Å². The summed E-state index contributed by atoms with van der Waals surface area (Å²) >= 11 is 7.25. The smallest absolute Gasteiger partial charge is 0.357 e. The number of nitrogens with one attached hydrogen (secondary N) is 2. The fourth-order valence-electron chi connectivity index (χ4n) is 2.91. The van der Waals surface area contributed by atoms with Crippen molar-refractivity contribution < 1.29 is 23.9 Å². The van der Waals surface area contributed by atoms with Gasteiger partial charge in [-0.1, -0.05) is 29.8 Å². The Labute approximate surface area is 181 Å². The summed E-state index contributed by atoms with van der Waals surface area (Å²) in [6.07, 6.45) is 0.118. The molecule has 2 N–H and O–H groups in total. The fraction of sp³-hybridized carbons (Fsp3) is 0.316. The molecule has 1 saturated heterocycles. The van der Waals surface area contributed by atoms with E-state index in [4.69, 9.17) is 11.6 Å². The van der Waals surface area contributed by atoms with Crippen molar-refractivity contribution >= 4 is 51.9 Å². The number of ether oxygens (including phenoxy) is 1. The summed E-state index contributed by atoms with van der Waals surface area (Å²) in [5.41, 5.74) is 0.799. The van der Waals surface area contributed by atoms with Gasteiger partial charge in [0, 0.05) is 16.3 Å². The summed E-state index contributed by atoms with van der Waals surface area (Å²) in [6, 6.07) is 5.63. The summed E-state index contributed by atoms with van der Waals surface area (Å²) in [5.74, 6) is -1.38.